The lowest BCUT2D eigenvalue weighted by Crippen LogP contribution is -2.50. The molecular weight excluding hydrogens is 112 g/mol. The highest BCUT2D eigenvalue weighted by Gasteiger charge is 1.98. The van der Waals surface area contributed by atoms with E-state index in [0.29, 0.717) is 6.04 Å². The molecule has 0 rings (SSSR count). The van der Waals surface area contributed by atoms with Crippen molar-refractivity contribution in [3.63, 3.8) is 0 Å². The summed E-state index contributed by atoms with van der Waals surface area (Å²) < 4.78 is 0. The molecule has 0 aromatic carbocycles. The normalized spacial score (nSPS) is 13.7. The van der Waals surface area contributed by atoms with Gasteiger partial charge in [-0.1, -0.05) is 13.3 Å². The highest BCUT2D eigenvalue weighted by Crippen LogP contribution is 1.99. The predicted molar refractivity (Wildman–Crippen MR) is 39.9 cm³/mol. The SMILES string of the molecule is CCCC(N)CCC[NH3+]. The van der Waals surface area contributed by atoms with Crippen molar-refractivity contribution in [2.75, 3.05) is 6.54 Å². The second-order valence-corrected chi connectivity index (χ2v) is 2.54. The Morgan fingerprint density at radius 2 is 2.11 bits per heavy atom. The second kappa shape index (κ2) is 6.05. The molecule has 2 heteroatoms. The van der Waals surface area contributed by atoms with Gasteiger partial charge in [0.2, 0.25) is 0 Å². The third-order valence-corrected chi connectivity index (χ3v) is 1.48. The standard InChI is InChI=1S/C7H18N2/c1-2-4-7(9)5-3-6-8/h7H,2-6,8-9H2,1H3/p+1. The molecule has 0 aliphatic rings. The first kappa shape index (κ1) is 8.92. The predicted octanol–water partition coefficient (Wildman–Crippen LogP) is 0.136. The lowest BCUT2D eigenvalue weighted by atomic mass is 10.1. The zero-order valence-electron chi connectivity index (χ0n) is 6.40. The number of hydrogen-bond acceptors (Lipinski definition) is 1. The minimum atomic E-state index is 0.428. The second-order valence-electron chi connectivity index (χ2n) is 2.54. The van der Waals surface area contributed by atoms with Gasteiger partial charge in [0.15, 0.2) is 0 Å². The summed E-state index contributed by atoms with van der Waals surface area (Å²) in [5.41, 5.74) is 9.50. The molecule has 1 atom stereocenters. The minimum Gasteiger partial charge on any atom is -0.358 e. The molecule has 0 heterocycles. The summed E-state index contributed by atoms with van der Waals surface area (Å²) in [4.78, 5) is 0. The third kappa shape index (κ3) is 5.80. The first-order chi connectivity index (χ1) is 4.31. The molecule has 0 aromatic rings. The van der Waals surface area contributed by atoms with Gasteiger partial charge in [0.25, 0.3) is 0 Å². The Morgan fingerprint density at radius 1 is 1.44 bits per heavy atom. The minimum absolute atomic E-state index is 0.428. The molecule has 9 heavy (non-hydrogen) atoms. The fraction of sp³-hybridized carbons (Fsp3) is 1.00. The van der Waals surface area contributed by atoms with Crippen LogP contribution in [0.3, 0.4) is 0 Å². The van der Waals surface area contributed by atoms with E-state index in [-0.39, 0.29) is 0 Å². The Labute approximate surface area is 57.6 Å². The first-order valence-electron chi connectivity index (χ1n) is 3.86. The first-order valence-corrected chi connectivity index (χ1v) is 3.86. The average molecular weight is 131 g/mol. The van der Waals surface area contributed by atoms with Crippen LogP contribution in [-0.4, -0.2) is 12.6 Å². The van der Waals surface area contributed by atoms with Crippen LogP contribution in [0.5, 0.6) is 0 Å². The van der Waals surface area contributed by atoms with Gasteiger partial charge in [0, 0.05) is 6.04 Å². The molecule has 0 aliphatic heterocycles. The Balaban J connectivity index is 2.95. The monoisotopic (exact) mass is 131 g/mol. The van der Waals surface area contributed by atoms with Crippen molar-refractivity contribution < 1.29 is 5.73 Å². The molecule has 0 saturated heterocycles. The summed E-state index contributed by atoms with van der Waals surface area (Å²) in [5, 5.41) is 0. The van der Waals surface area contributed by atoms with E-state index >= 15 is 0 Å². The highest BCUT2D eigenvalue weighted by atomic mass is 14.6. The molecule has 0 spiro atoms. The molecule has 2 nitrogen and oxygen atoms in total. The van der Waals surface area contributed by atoms with Crippen molar-refractivity contribution in [1.29, 1.82) is 0 Å². The fourth-order valence-corrected chi connectivity index (χ4v) is 0.922. The number of hydrogen-bond donors (Lipinski definition) is 2. The van der Waals surface area contributed by atoms with E-state index < -0.39 is 0 Å². The Morgan fingerprint density at radius 3 is 2.56 bits per heavy atom. The summed E-state index contributed by atoms with van der Waals surface area (Å²) in [5.74, 6) is 0. The van der Waals surface area contributed by atoms with Crippen molar-refractivity contribution in [3.05, 3.63) is 0 Å². The van der Waals surface area contributed by atoms with Gasteiger partial charge < -0.3 is 11.5 Å². The molecule has 0 saturated carbocycles. The summed E-state index contributed by atoms with van der Waals surface area (Å²) in [6.45, 7) is 3.20. The Kier molecular flexibility index (Phi) is 5.99. The Bertz CT molecular complexity index is 54.9. The van der Waals surface area contributed by atoms with Crippen molar-refractivity contribution in [3.8, 4) is 0 Å². The molecule has 0 bridgehead atoms. The van der Waals surface area contributed by atoms with E-state index in [0.717, 1.165) is 13.0 Å². The molecule has 0 amide bonds. The van der Waals surface area contributed by atoms with Crippen LogP contribution in [0.1, 0.15) is 32.6 Å². The molecule has 1 unspecified atom stereocenters. The van der Waals surface area contributed by atoms with Gasteiger partial charge in [-0.25, -0.2) is 0 Å². The maximum absolute atomic E-state index is 5.74. The van der Waals surface area contributed by atoms with Crippen LogP contribution in [0, 0.1) is 0 Å². The topological polar surface area (TPSA) is 53.7 Å². The van der Waals surface area contributed by atoms with Crippen LogP contribution >= 0.6 is 0 Å². The molecule has 0 fully saturated rings. The number of nitrogens with two attached hydrogens (primary N) is 1. The quantitative estimate of drug-likeness (QED) is 0.547. The zero-order chi connectivity index (χ0) is 7.11. The molecular formula is C7H19N2+. The largest absolute Gasteiger partial charge is 0.358 e. The van der Waals surface area contributed by atoms with Crippen LogP contribution < -0.4 is 11.5 Å². The van der Waals surface area contributed by atoms with E-state index in [1.54, 1.807) is 0 Å². The van der Waals surface area contributed by atoms with Gasteiger partial charge in [-0.3, -0.25) is 0 Å². The van der Waals surface area contributed by atoms with Crippen LogP contribution in [0.15, 0.2) is 0 Å². The summed E-state index contributed by atoms with van der Waals surface area (Å²) in [7, 11) is 0. The summed E-state index contributed by atoms with van der Waals surface area (Å²) in [6, 6.07) is 0.428. The molecule has 0 aliphatic carbocycles. The lowest BCUT2D eigenvalue weighted by Gasteiger charge is -2.06. The van der Waals surface area contributed by atoms with Gasteiger partial charge in [-0.05, 0) is 19.3 Å². The fourth-order valence-electron chi connectivity index (χ4n) is 0.922. The van der Waals surface area contributed by atoms with Crippen molar-refractivity contribution >= 4 is 0 Å². The van der Waals surface area contributed by atoms with Gasteiger partial charge in [-0.15, -0.1) is 0 Å². The van der Waals surface area contributed by atoms with Gasteiger partial charge >= 0.3 is 0 Å². The molecule has 56 valence electrons. The Hall–Kier alpha value is -0.0800. The van der Waals surface area contributed by atoms with E-state index in [9.17, 15) is 0 Å². The van der Waals surface area contributed by atoms with Crippen LogP contribution in [-0.2, 0) is 0 Å². The number of rotatable bonds is 5. The average Bonchev–Trinajstić information content (AvgIpc) is 1.85. The summed E-state index contributed by atoms with van der Waals surface area (Å²) >= 11 is 0. The molecule has 0 radical (unpaired) electrons. The van der Waals surface area contributed by atoms with Crippen LogP contribution in [0.25, 0.3) is 0 Å². The van der Waals surface area contributed by atoms with Gasteiger partial charge in [0.1, 0.15) is 0 Å². The smallest absolute Gasteiger partial charge is 0.0740 e. The lowest BCUT2D eigenvalue weighted by molar-refractivity contribution is -0.368. The third-order valence-electron chi connectivity index (χ3n) is 1.48. The van der Waals surface area contributed by atoms with Crippen LogP contribution in [0.4, 0.5) is 0 Å². The van der Waals surface area contributed by atoms with Crippen molar-refractivity contribution in [1.82, 2.24) is 0 Å². The van der Waals surface area contributed by atoms with E-state index in [2.05, 4.69) is 12.7 Å². The molecule has 0 aromatic heterocycles. The van der Waals surface area contributed by atoms with E-state index in [4.69, 9.17) is 5.73 Å². The number of quaternary nitrogens is 1. The highest BCUT2D eigenvalue weighted by molar-refractivity contribution is 4.58. The maximum Gasteiger partial charge on any atom is 0.0740 e. The van der Waals surface area contributed by atoms with Gasteiger partial charge in [-0.2, -0.15) is 0 Å². The van der Waals surface area contributed by atoms with Crippen LogP contribution in [0.2, 0.25) is 0 Å². The van der Waals surface area contributed by atoms with E-state index in [1.807, 2.05) is 0 Å². The van der Waals surface area contributed by atoms with Crippen molar-refractivity contribution in [2.45, 2.75) is 38.6 Å². The van der Waals surface area contributed by atoms with Crippen molar-refractivity contribution in [2.24, 2.45) is 5.73 Å². The summed E-state index contributed by atoms with van der Waals surface area (Å²) in [6.07, 6.45) is 4.71. The molecule has 5 N–H and O–H groups in total. The maximum atomic E-state index is 5.74. The zero-order valence-corrected chi connectivity index (χ0v) is 6.40. The van der Waals surface area contributed by atoms with E-state index in [1.165, 1.54) is 19.3 Å². The van der Waals surface area contributed by atoms with Gasteiger partial charge in [0.05, 0.1) is 6.54 Å².